The Hall–Kier alpha value is -2.35. The first-order valence-corrected chi connectivity index (χ1v) is 4.75. The highest BCUT2D eigenvalue weighted by Crippen LogP contribution is 2.16. The molecular weight excluding hydrogens is 204 g/mol. The predicted molar refractivity (Wildman–Crippen MR) is 57.6 cm³/mol. The van der Waals surface area contributed by atoms with E-state index < -0.39 is 0 Å². The fourth-order valence-corrected chi connectivity index (χ4v) is 1.42. The zero-order valence-electron chi connectivity index (χ0n) is 8.79. The summed E-state index contributed by atoms with van der Waals surface area (Å²) in [6, 6.07) is 5.61. The Bertz CT molecular complexity index is 501. The smallest absolute Gasteiger partial charge is 0.169 e. The van der Waals surface area contributed by atoms with Crippen LogP contribution >= 0.6 is 0 Å². The molecule has 0 aliphatic heterocycles. The molecule has 0 N–H and O–H groups in total. The van der Waals surface area contributed by atoms with Crippen molar-refractivity contribution in [2.24, 2.45) is 0 Å². The summed E-state index contributed by atoms with van der Waals surface area (Å²) < 4.78 is 4.98. The lowest BCUT2D eigenvalue weighted by Gasteiger charge is -2.16. The minimum absolute atomic E-state index is 0.515. The van der Waals surface area contributed by atoms with Crippen LogP contribution in [0.25, 0.3) is 0 Å². The number of hydrogen-bond donors (Lipinski definition) is 0. The van der Waals surface area contributed by atoms with E-state index in [2.05, 4.69) is 16.3 Å². The quantitative estimate of drug-likeness (QED) is 0.776. The Balaban J connectivity index is 2.21. The van der Waals surface area contributed by atoms with Crippen molar-refractivity contribution in [2.45, 2.75) is 6.54 Å². The number of anilines is 1. The van der Waals surface area contributed by atoms with Crippen LogP contribution in [-0.2, 0) is 6.54 Å². The molecule has 5 heteroatoms. The molecule has 2 rings (SSSR count). The molecule has 0 spiro atoms. The molecule has 80 valence electrons. The molecule has 0 saturated carbocycles. The number of hydrogen-bond acceptors (Lipinski definition) is 5. The van der Waals surface area contributed by atoms with E-state index >= 15 is 0 Å². The van der Waals surface area contributed by atoms with Crippen molar-refractivity contribution < 1.29 is 4.42 Å². The van der Waals surface area contributed by atoms with Crippen molar-refractivity contribution in [1.82, 2.24) is 10.2 Å². The Morgan fingerprint density at radius 2 is 2.38 bits per heavy atom. The largest absolute Gasteiger partial charge is 0.472 e. The van der Waals surface area contributed by atoms with Crippen LogP contribution in [0.3, 0.4) is 0 Å². The van der Waals surface area contributed by atoms with Crippen molar-refractivity contribution >= 4 is 5.82 Å². The lowest BCUT2D eigenvalue weighted by atomic mass is 10.2. The van der Waals surface area contributed by atoms with E-state index in [-0.39, 0.29) is 0 Å². The Morgan fingerprint density at radius 3 is 3.06 bits per heavy atom. The molecule has 0 aliphatic carbocycles. The van der Waals surface area contributed by atoms with Crippen molar-refractivity contribution in [3.05, 3.63) is 42.0 Å². The SMILES string of the molecule is CN(Cc1ccoc1)c1nnccc1C#N. The molecule has 0 atom stereocenters. The number of nitrogens with zero attached hydrogens (tertiary/aromatic N) is 4. The van der Waals surface area contributed by atoms with Crippen LogP contribution in [0.4, 0.5) is 5.82 Å². The molecule has 0 amide bonds. The predicted octanol–water partition coefficient (Wildman–Crippen LogP) is 1.58. The third-order valence-corrected chi connectivity index (χ3v) is 2.18. The molecule has 2 aromatic rings. The van der Waals surface area contributed by atoms with E-state index in [0.29, 0.717) is 17.9 Å². The maximum absolute atomic E-state index is 8.93. The van der Waals surface area contributed by atoms with Crippen LogP contribution in [0, 0.1) is 11.3 Å². The highest BCUT2D eigenvalue weighted by atomic mass is 16.3. The molecule has 0 aromatic carbocycles. The number of nitriles is 1. The highest BCUT2D eigenvalue weighted by Gasteiger charge is 2.09. The van der Waals surface area contributed by atoms with E-state index in [9.17, 15) is 0 Å². The molecule has 0 bridgehead atoms. The summed E-state index contributed by atoms with van der Waals surface area (Å²) in [7, 11) is 1.86. The van der Waals surface area contributed by atoms with Gasteiger partial charge in [-0.1, -0.05) is 0 Å². The fourth-order valence-electron chi connectivity index (χ4n) is 1.42. The van der Waals surface area contributed by atoms with Gasteiger partial charge in [-0.15, -0.1) is 5.10 Å². The van der Waals surface area contributed by atoms with Gasteiger partial charge in [0.05, 0.1) is 24.3 Å². The highest BCUT2D eigenvalue weighted by molar-refractivity contribution is 5.52. The van der Waals surface area contributed by atoms with E-state index in [1.807, 2.05) is 18.0 Å². The maximum Gasteiger partial charge on any atom is 0.169 e. The Morgan fingerprint density at radius 1 is 1.50 bits per heavy atom. The minimum Gasteiger partial charge on any atom is -0.472 e. The molecule has 0 saturated heterocycles. The van der Waals surface area contributed by atoms with Crippen molar-refractivity contribution in [2.75, 3.05) is 11.9 Å². The normalized spacial score (nSPS) is 9.75. The maximum atomic E-state index is 8.93. The van der Waals surface area contributed by atoms with Crippen LogP contribution in [0.15, 0.2) is 35.3 Å². The summed E-state index contributed by atoms with van der Waals surface area (Å²) in [6.45, 7) is 0.629. The minimum atomic E-state index is 0.515. The fraction of sp³-hybridized carbons (Fsp3) is 0.182. The van der Waals surface area contributed by atoms with Gasteiger partial charge in [0.1, 0.15) is 6.07 Å². The molecule has 0 unspecified atom stereocenters. The van der Waals surface area contributed by atoms with Gasteiger partial charge < -0.3 is 9.32 Å². The molecule has 16 heavy (non-hydrogen) atoms. The molecule has 2 aromatic heterocycles. The van der Waals surface area contributed by atoms with Crippen molar-refractivity contribution in [1.29, 1.82) is 5.26 Å². The summed E-state index contributed by atoms with van der Waals surface area (Å²) in [5.74, 6) is 0.575. The van der Waals surface area contributed by atoms with Gasteiger partial charge in [0.2, 0.25) is 0 Å². The lowest BCUT2D eigenvalue weighted by Crippen LogP contribution is -2.19. The third-order valence-electron chi connectivity index (χ3n) is 2.18. The number of aromatic nitrogens is 2. The second kappa shape index (κ2) is 4.45. The van der Waals surface area contributed by atoms with Gasteiger partial charge in [-0.2, -0.15) is 10.4 Å². The Kier molecular flexibility index (Phi) is 2.83. The van der Waals surface area contributed by atoms with Gasteiger partial charge in [-0.05, 0) is 12.1 Å². The summed E-state index contributed by atoms with van der Waals surface area (Å²) in [5.41, 5.74) is 1.54. The molecular formula is C11H10N4O. The first kappa shape index (κ1) is 10.2. The van der Waals surface area contributed by atoms with E-state index in [0.717, 1.165) is 5.56 Å². The first-order valence-electron chi connectivity index (χ1n) is 4.75. The zero-order chi connectivity index (χ0) is 11.4. The van der Waals surface area contributed by atoms with Crippen LogP contribution < -0.4 is 4.90 Å². The number of furan rings is 1. The third kappa shape index (κ3) is 2.01. The van der Waals surface area contributed by atoms with Gasteiger partial charge >= 0.3 is 0 Å². The van der Waals surface area contributed by atoms with Gasteiger partial charge in [0, 0.05) is 19.2 Å². The molecule has 5 nitrogen and oxygen atoms in total. The van der Waals surface area contributed by atoms with E-state index in [4.69, 9.17) is 9.68 Å². The Labute approximate surface area is 92.9 Å². The topological polar surface area (TPSA) is 66.0 Å². The lowest BCUT2D eigenvalue weighted by molar-refractivity contribution is 0.563. The van der Waals surface area contributed by atoms with Gasteiger partial charge in [0.15, 0.2) is 5.82 Å². The van der Waals surface area contributed by atoms with Crippen LogP contribution in [-0.4, -0.2) is 17.2 Å². The summed E-state index contributed by atoms with van der Waals surface area (Å²) in [4.78, 5) is 1.86. The van der Waals surface area contributed by atoms with Crippen molar-refractivity contribution in [3.8, 4) is 6.07 Å². The average Bonchev–Trinajstić information content (AvgIpc) is 2.81. The second-order valence-electron chi connectivity index (χ2n) is 3.37. The average molecular weight is 214 g/mol. The zero-order valence-corrected chi connectivity index (χ0v) is 8.79. The molecule has 0 fully saturated rings. The number of rotatable bonds is 3. The molecule has 0 aliphatic rings. The monoisotopic (exact) mass is 214 g/mol. The van der Waals surface area contributed by atoms with Crippen LogP contribution in [0.2, 0.25) is 0 Å². The first-order chi connectivity index (χ1) is 7.81. The van der Waals surface area contributed by atoms with Gasteiger partial charge in [-0.3, -0.25) is 0 Å². The second-order valence-corrected chi connectivity index (χ2v) is 3.37. The van der Waals surface area contributed by atoms with E-state index in [1.54, 1.807) is 18.6 Å². The van der Waals surface area contributed by atoms with Crippen molar-refractivity contribution in [3.63, 3.8) is 0 Å². The van der Waals surface area contributed by atoms with Crippen LogP contribution in [0.5, 0.6) is 0 Å². The van der Waals surface area contributed by atoms with Crippen LogP contribution in [0.1, 0.15) is 11.1 Å². The standard InChI is InChI=1S/C11H10N4O/c1-15(7-9-3-5-16-8-9)11-10(6-12)2-4-13-14-11/h2-5,8H,7H2,1H3. The van der Waals surface area contributed by atoms with Gasteiger partial charge in [0.25, 0.3) is 0 Å². The molecule has 0 radical (unpaired) electrons. The molecule has 2 heterocycles. The van der Waals surface area contributed by atoms with E-state index in [1.165, 1.54) is 6.20 Å². The summed E-state index contributed by atoms with van der Waals surface area (Å²) in [6.07, 6.45) is 4.79. The van der Waals surface area contributed by atoms with Gasteiger partial charge in [-0.25, -0.2) is 0 Å². The summed E-state index contributed by atoms with van der Waals surface area (Å²) >= 11 is 0. The summed E-state index contributed by atoms with van der Waals surface area (Å²) in [5, 5.41) is 16.7.